The summed E-state index contributed by atoms with van der Waals surface area (Å²) in [5.41, 5.74) is 2.66. The molecule has 2 N–H and O–H groups in total. The van der Waals surface area contributed by atoms with Gasteiger partial charge in [0, 0.05) is 50.6 Å². The minimum atomic E-state index is -0.544. The Kier molecular flexibility index (Phi) is 4.76. The van der Waals surface area contributed by atoms with Gasteiger partial charge < -0.3 is 19.2 Å². The molecule has 1 aliphatic rings. The third-order valence-corrected chi connectivity index (χ3v) is 5.89. The maximum atomic E-state index is 12.9. The molecule has 1 aliphatic heterocycles. The van der Waals surface area contributed by atoms with Crippen LogP contribution in [0.4, 0.5) is 5.95 Å². The quantitative estimate of drug-likeness (QED) is 0.503. The van der Waals surface area contributed by atoms with Crippen molar-refractivity contribution in [1.82, 2.24) is 24.8 Å². The largest absolute Gasteiger partial charge is 0.417 e. The van der Waals surface area contributed by atoms with E-state index in [0.717, 1.165) is 18.5 Å². The molecule has 5 rings (SSSR count). The van der Waals surface area contributed by atoms with Gasteiger partial charge in [-0.2, -0.15) is 0 Å². The van der Waals surface area contributed by atoms with E-state index in [4.69, 9.17) is 4.42 Å². The Morgan fingerprint density at radius 2 is 1.94 bits per heavy atom. The molecule has 1 aromatic carbocycles. The number of hydrogen-bond donors (Lipinski definition) is 2. The molecule has 164 valence electrons. The van der Waals surface area contributed by atoms with Crippen molar-refractivity contribution < 1.29 is 9.21 Å². The van der Waals surface area contributed by atoms with Crippen molar-refractivity contribution in [2.45, 2.75) is 18.8 Å². The van der Waals surface area contributed by atoms with Crippen LogP contribution in [0.25, 0.3) is 22.0 Å². The van der Waals surface area contributed by atoms with Crippen molar-refractivity contribution in [3.8, 4) is 0 Å². The first-order chi connectivity index (χ1) is 15.4. The number of anilines is 1. The Balaban J connectivity index is 1.34. The van der Waals surface area contributed by atoms with Gasteiger partial charge in [0.2, 0.25) is 5.95 Å². The molecule has 1 saturated heterocycles. The Labute approximate surface area is 181 Å². The maximum Gasteiger partial charge on any atom is 0.417 e. The number of amides is 1. The Hall–Kier alpha value is -3.95. The van der Waals surface area contributed by atoms with Crippen LogP contribution in [0.5, 0.6) is 0 Å². The minimum absolute atomic E-state index is 0.0947. The standard InChI is InChI=1S/C22H22N6O4/c1-27(2)21-23-11-14-16(25-21)10-15(24-19(14)29)12-5-7-28(8-6-12)20(30)13-3-4-18-17(9-13)26-22(31)32-18/h3-4,9-12H,5-8H2,1-2H3,(H,24,29)(H,26,31). The summed E-state index contributed by atoms with van der Waals surface area (Å²) in [6.45, 7) is 1.13. The van der Waals surface area contributed by atoms with Crippen LogP contribution in [0.1, 0.15) is 34.8 Å². The number of H-pyrrole nitrogens is 2. The van der Waals surface area contributed by atoms with Crippen LogP contribution in [-0.2, 0) is 0 Å². The number of carbonyl (C=O) groups excluding carboxylic acids is 1. The Bertz CT molecular complexity index is 1440. The summed E-state index contributed by atoms with van der Waals surface area (Å²) in [6.07, 6.45) is 3.00. The molecule has 0 radical (unpaired) electrons. The molecule has 32 heavy (non-hydrogen) atoms. The highest BCUT2D eigenvalue weighted by atomic mass is 16.4. The van der Waals surface area contributed by atoms with Crippen molar-refractivity contribution in [3.63, 3.8) is 0 Å². The molecule has 4 heterocycles. The van der Waals surface area contributed by atoms with Gasteiger partial charge in [-0.3, -0.25) is 14.6 Å². The molecule has 10 nitrogen and oxygen atoms in total. The Morgan fingerprint density at radius 3 is 2.69 bits per heavy atom. The van der Waals surface area contributed by atoms with Crippen LogP contribution in [0.15, 0.2) is 44.5 Å². The number of piperidine rings is 1. The van der Waals surface area contributed by atoms with Gasteiger partial charge in [0.1, 0.15) is 0 Å². The molecule has 0 spiro atoms. The maximum absolute atomic E-state index is 12.9. The van der Waals surface area contributed by atoms with Crippen molar-refractivity contribution in [1.29, 1.82) is 0 Å². The summed E-state index contributed by atoms with van der Waals surface area (Å²) in [5.74, 6) is 0.0348. The number of fused-ring (bicyclic) bond motifs is 2. The first-order valence-electron chi connectivity index (χ1n) is 10.4. The number of benzene rings is 1. The normalized spacial score (nSPS) is 14.9. The van der Waals surface area contributed by atoms with E-state index < -0.39 is 5.76 Å². The summed E-state index contributed by atoms with van der Waals surface area (Å²) >= 11 is 0. The van der Waals surface area contributed by atoms with E-state index in [-0.39, 0.29) is 17.4 Å². The van der Waals surface area contributed by atoms with E-state index >= 15 is 0 Å². The van der Waals surface area contributed by atoms with Crippen LogP contribution >= 0.6 is 0 Å². The second-order valence-electron chi connectivity index (χ2n) is 8.21. The van der Waals surface area contributed by atoms with Crippen molar-refractivity contribution in [3.05, 3.63) is 62.6 Å². The number of nitrogens with one attached hydrogen (secondary N) is 2. The molecule has 0 bridgehead atoms. The van der Waals surface area contributed by atoms with Gasteiger partial charge in [0.25, 0.3) is 11.5 Å². The zero-order valence-corrected chi connectivity index (χ0v) is 17.7. The van der Waals surface area contributed by atoms with Gasteiger partial charge in [0.15, 0.2) is 5.58 Å². The lowest BCUT2D eigenvalue weighted by atomic mass is 9.92. The molecule has 0 atom stereocenters. The van der Waals surface area contributed by atoms with E-state index in [0.29, 0.717) is 46.6 Å². The summed E-state index contributed by atoms with van der Waals surface area (Å²) < 4.78 is 5.00. The van der Waals surface area contributed by atoms with Crippen LogP contribution < -0.4 is 16.2 Å². The van der Waals surface area contributed by atoms with Gasteiger partial charge in [-0.25, -0.2) is 14.8 Å². The molecule has 0 aliphatic carbocycles. The molecule has 0 unspecified atom stereocenters. The van der Waals surface area contributed by atoms with Gasteiger partial charge >= 0.3 is 5.76 Å². The highest BCUT2D eigenvalue weighted by Crippen LogP contribution is 2.28. The summed E-state index contributed by atoms with van der Waals surface area (Å²) in [7, 11) is 3.70. The highest BCUT2D eigenvalue weighted by molar-refractivity contribution is 5.97. The molecule has 3 aromatic heterocycles. The second kappa shape index (κ2) is 7.63. The Morgan fingerprint density at radius 1 is 1.16 bits per heavy atom. The van der Waals surface area contributed by atoms with Crippen LogP contribution in [-0.4, -0.2) is 57.9 Å². The first kappa shape index (κ1) is 20.0. The fraction of sp³-hybridized carbons (Fsp3) is 0.318. The molecule has 10 heteroatoms. The van der Waals surface area contributed by atoms with Crippen molar-refractivity contribution in [2.75, 3.05) is 32.1 Å². The van der Waals surface area contributed by atoms with Crippen LogP contribution in [0.2, 0.25) is 0 Å². The first-order valence-corrected chi connectivity index (χ1v) is 10.4. The topological polar surface area (TPSA) is 128 Å². The van der Waals surface area contributed by atoms with Gasteiger partial charge in [-0.15, -0.1) is 0 Å². The van der Waals surface area contributed by atoms with Crippen molar-refractivity contribution in [2.24, 2.45) is 0 Å². The van der Waals surface area contributed by atoms with E-state index in [1.165, 1.54) is 0 Å². The number of oxazole rings is 1. The number of nitrogens with zero attached hydrogens (tertiary/aromatic N) is 4. The molecule has 1 amide bonds. The monoisotopic (exact) mass is 434 g/mol. The smallest absolute Gasteiger partial charge is 0.408 e. The molecule has 0 saturated carbocycles. The number of pyridine rings is 1. The molecular weight excluding hydrogens is 412 g/mol. The van der Waals surface area contributed by atoms with Crippen LogP contribution in [0, 0.1) is 0 Å². The molecule has 4 aromatic rings. The average molecular weight is 434 g/mol. The number of likely N-dealkylation sites (tertiary alicyclic amines) is 1. The fourth-order valence-electron chi connectivity index (χ4n) is 4.15. The summed E-state index contributed by atoms with van der Waals surface area (Å²) in [4.78, 5) is 54.7. The van der Waals surface area contributed by atoms with E-state index in [1.807, 2.05) is 20.2 Å². The number of carbonyl (C=O) groups is 1. The number of aromatic nitrogens is 4. The molecule has 1 fully saturated rings. The lowest BCUT2D eigenvalue weighted by molar-refractivity contribution is 0.0712. The average Bonchev–Trinajstić information content (AvgIpc) is 3.17. The SMILES string of the molecule is CN(C)c1ncc2c(=O)[nH]c(C3CCN(C(=O)c4ccc5oc(=O)[nH]c5c4)CC3)cc2n1. The zero-order valence-electron chi connectivity index (χ0n) is 17.7. The number of hydrogen-bond acceptors (Lipinski definition) is 7. The fourth-order valence-corrected chi connectivity index (χ4v) is 4.15. The predicted octanol–water partition coefficient (Wildman–Crippen LogP) is 1.84. The van der Waals surface area contributed by atoms with Gasteiger partial charge in [0.05, 0.1) is 16.4 Å². The van der Waals surface area contributed by atoms with Crippen molar-refractivity contribution >= 4 is 33.9 Å². The van der Waals surface area contributed by atoms with Gasteiger partial charge in [-0.05, 0) is 37.1 Å². The zero-order chi connectivity index (χ0) is 22.4. The van der Waals surface area contributed by atoms with E-state index in [2.05, 4.69) is 19.9 Å². The van der Waals surface area contributed by atoms with Gasteiger partial charge in [-0.1, -0.05) is 0 Å². The lowest BCUT2D eigenvalue weighted by Gasteiger charge is -2.32. The van der Waals surface area contributed by atoms with E-state index in [9.17, 15) is 14.4 Å². The third kappa shape index (κ3) is 3.53. The third-order valence-electron chi connectivity index (χ3n) is 5.89. The summed E-state index contributed by atoms with van der Waals surface area (Å²) in [6, 6.07) is 6.83. The minimum Gasteiger partial charge on any atom is -0.408 e. The van der Waals surface area contributed by atoms with Crippen LogP contribution in [0.3, 0.4) is 0 Å². The predicted molar refractivity (Wildman–Crippen MR) is 119 cm³/mol. The van der Waals surface area contributed by atoms with E-state index in [1.54, 1.807) is 34.2 Å². The highest BCUT2D eigenvalue weighted by Gasteiger charge is 2.26. The second-order valence-corrected chi connectivity index (χ2v) is 8.21. The number of aromatic amines is 2. The summed E-state index contributed by atoms with van der Waals surface area (Å²) in [5, 5.41) is 0.458. The molecular formula is C22H22N6O4. The number of rotatable bonds is 3. The lowest BCUT2D eigenvalue weighted by Crippen LogP contribution is -2.38.